The molecule has 0 saturated carbocycles. The van der Waals surface area contributed by atoms with Gasteiger partial charge in [-0.3, -0.25) is 9.59 Å². The Labute approximate surface area is 110 Å². The lowest BCUT2D eigenvalue weighted by atomic mass is 9.96. The average molecular weight is 267 g/mol. The fourth-order valence-corrected chi connectivity index (χ4v) is 2.63. The Hall–Kier alpha value is -1.43. The molecular weight excluding hydrogens is 250 g/mol. The third-order valence-corrected chi connectivity index (χ3v) is 3.78. The van der Waals surface area contributed by atoms with E-state index in [9.17, 15) is 9.59 Å². The van der Waals surface area contributed by atoms with E-state index in [4.69, 9.17) is 0 Å². The van der Waals surface area contributed by atoms with Gasteiger partial charge in [0.15, 0.2) is 0 Å². The Balaban J connectivity index is 1.80. The second kappa shape index (κ2) is 5.95. The van der Waals surface area contributed by atoms with Crippen LogP contribution in [0.15, 0.2) is 10.9 Å². The summed E-state index contributed by atoms with van der Waals surface area (Å²) >= 11 is 1.44. The Morgan fingerprint density at radius 1 is 1.50 bits per heavy atom. The van der Waals surface area contributed by atoms with Crippen molar-refractivity contribution < 1.29 is 9.59 Å². The highest BCUT2D eigenvalue weighted by Crippen LogP contribution is 2.18. The van der Waals surface area contributed by atoms with Crippen LogP contribution >= 0.6 is 11.3 Å². The molecule has 0 aliphatic carbocycles. The normalized spacial score (nSPS) is 16.6. The molecule has 1 aromatic rings. The first-order valence-corrected chi connectivity index (χ1v) is 7.03. The van der Waals surface area contributed by atoms with E-state index in [1.54, 1.807) is 10.9 Å². The molecule has 0 radical (unpaired) electrons. The maximum absolute atomic E-state index is 12.0. The van der Waals surface area contributed by atoms with Gasteiger partial charge in [-0.15, -0.1) is 11.3 Å². The maximum atomic E-state index is 12.0. The van der Waals surface area contributed by atoms with Gasteiger partial charge in [-0.25, -0.2) is 4.98 Å². The van der Waals surface area contributed by atoms with Crippen molar-refractivity contribution in [1.29, 1.82) is 0 Å². The van der Waals surface area contributed by atoms with Gasteiger partial charge in [0.1, 0.15) is 5.69 Å². The molecule has 0 unspecified atom stereocenters. The molecule has 2 rings (SSSR count). The number of likely N-dealkylation sites (tertiary alicyclic amines) is 1. The lowest BCUT2D eigenvalue weighted by Gasteiger charge is -2.31. The number of nitrogens with one attached hydrogen (secondary N) is 1. The predicted molar refractivity (Wildman–Crippen MR) is 69.4 cm³/mol. The predicted octanol–water partition coefficient (Wildman–Crippen LogP) is 1.13. The van der Waals surface area contributed by atoms with Crippen molar-refractivity contribution >= 4 is 23.2 Å². The van der Waals surface area contributed by atoms with E-state index in [1.807, 2.05) is 4.90 Å². The Morgan fingerprint density at radius 3 is 2.78 bits per heavy atom. The number of amides is 2. The van der Waals surface area contributed by atoms with Gasteiger partial charge < -0.3 is 10.2 Å². The van der Waals surface area contributed by atoms with Crippen LogP contribution in [0, 0.1) is 5.92 Å². The number of hydrogen-bond donors (Lipinski definition) is 1. The minimum atomic E-state index is 0.0102. The first-order valence-electron chi connectivity index (χ1n) is 6.08. The van der Waals surface area contributed by atoms with Crippen molar-refractivity contribution in [3.63, 3.8) is 0 Å². The van der Waals surface area contributed by atoms with Crippen molar-refractivity contribution in [2.75, 3.05) is 19.6 Å². The number of thiazole rings is 1. The van der Waals surface area contributed by atoms with E-state index >= 15 is 0 Å². The summed E-state index contributed by atoms with van der Waals surface area (Å²) in [7, 11) is 0. The summed E-state index contributed by atoms with van der Waals surface area (Å²) in [4.78, 5) is 28.8. The van der Waals surface area contributed by atoms with E-state index in [2.05, 4.69) is 10.3 Å². The first-order chi connectivity index (χ1) is 8.66. The van der Waals surface area contributed by atoms with Gasteiger partial charge in [-0.05, 0) is 18.8 Å². The van der Waals surface area contributed by atoms with Crippen LogP contribution in [0.5, 0.6) is 0 Å². The SMILES string of the molecule is CC(=O)NCC1CCN(C(=O)c2cscn2)CC1. The topological polar surface area (TPSA) is 62.3 Å². The summed E-state index contributed by atoms with van der Waals surface area (Å²) in [6, 6.07) is 0. The van der Waals surface area contributed by atoms with Crippen LogP contribution < -0.4 is 5.32 Å². The zero-order valence-corrected chi connectivity index (χ0v) is 11.2. The van der Waals surface area contributed by atoms with E-state index in [0.717, 1.165) is 25.9 Å². The summed E-state index contributed by atoms with van der Waals surface area (Å²) in [5.74, 6) is 0.513. The molecule has 0 atom stereocenters. The molecular formula is C12H17N3O2S. The van der Waals surface area contributed by atoms with Crippen LogP contribution in [0.3, 0.4) is 0 Å². The number of piperidine rings is 1. The van der Waals surface area contributed by atoms with Crippen LogP contribution in [-0.4, -0.2) is 41.3 Å². The molecule has 6 heteroatoms. The summed E-state index contributed by atoms with van der Waals surface area (Å²) in [6.45, 7) is 3.75. The van der Waals surface area contributed by atoms with Gasteiger partial charge >= 0.3 is 0 Å². The molecule has 5 nitrogen and oxygen atoms in total. The minimum absolute atomic E-state index is 0.0102. The highest BCUT2D eigenvalue weighted by molar-refractivity contribution is 7.07. The smallest absolute Gasteiger partial charge is 0.273 e. The summed E-state index contributed by atoms with van der Waals surface area (Å²) < 4.78 is 0. The van der Waals surface area contributed by atoms with Crippen LogP contribution in [0.4, 0.5) is 0 Å². The van der Waals surface area contributed by atoms with E-state index in [1.165, 1.54) is 18.3 Å². The lowest BCUT2D eigenvalue weighted by molar-refractivity contribution is -0.119. The summed E-state index contributed by atoms with van der Waals surface area (Å²) in [6.07, 6.45) is 1.88. The van der Waals surface area contributed by atoms with Gasteiger partial charge in [-0.2, -0.15) is 0 Å². The second-order valence-corrected chi connectivity index (χ2v) is 5.27. The second-order valence-electron chi connectivity index (χ2n) is 4.55. The molecule has 0 spiro atoms. The molecule has 1 aliphatic rings. The Kier molecular flexibility index (Phi) is 4.30. The molecule has 1 aromatic heterocycles. The van der Waals surface area contributed by atoms with Crippen molar-refractivity contribution in [3.05, 3.63) is 16.6 Å². The molecule has 0 aromatic carbocycles. The fraction of sp³-hybridized carbons (Fsp3) is 0.583. The molecule has 2 heterocycles. The molecule has 1 aliphatic heterocycles. The number of aromatic nitrogens is 1. The van der Waals surface area contributed by atoms with Gasteiger partial charge in [0, 0.05) is 31.9 Å². The molecule has 98 valence electrons. The first kappa shape index (κ1) is 13.0. The Morgan fingerprint density at radius 2 is 2.22 bits per heavy atom. The van der Waals surface area contributed by atoms with Crippen molar-refractivity contribution in [3.8, 4) is 0 Å². The number of rotatable bonds is 3. The summed E-state index contributed by atoms with van der Waals surface area (Å²) in [5.41, 5.74) is 2.22. The molecule has 18 heavy (non-hydrogen) atoms. The average Bonchev–Trinajstić information content (AvgIpc) is 2.90. The van der Waals surface area contributed by atoms with Gasteiger partial charge in [0.05, 0.1) is 5.51 Å². The number of carbonyl (C=O) groups excluding carboxylic acids is 2. The Bertz CT molecular complexity index is 411. The van der Waals surface area contributed by atoms with Crippen molar-refractivity contribution in [2.24, 2.45) is 5.92 Å². The molecule has 2 amide bonds. The largest absolute Gasteiger partial charge is 0.356 e. The van der Waals surface area contributed by atoms with Crippen LogP contribution in [-0.2, 0) is 4.79 Å². The third kappa shape index (κ3) is 3.29. The van der Waals surface area contributed by atoms with Crippen LogP contribution in [0.2, 0.25) is 0 Å². The standard InChI is InChI=1S/C12H17N3O2S/c1-9(16)13-6-10-2-4-15(5-3-10)12(17)11-7-18-8-14-11/h7-8,10H,2-6H2,1H3,(H,13,16). The van der Waals surface area contributed by atoms with Gasteiger partial charge in [0.25, 0.3) is 5.91 Å². The number of hydrogen-bond acceptors (Lipinski definition) is 4. The third-order valence-electron chi connectivity index (χ3n) is 3.19. The lowest BCUT2D eigenvalue weighted by Crippen LogP contribution is -2.41. The highest BCUT2D eigenvalue weighted by Gasteiger charge is 2.24. The molecule has 1 fully saturated rings. The molecule has 1 N–H and O–H groups in total. The number of carbonyl (C=O) groups is 2. The maximum Gasteiger partial charge on any atom is 0.273 e. The zero-order valence-electron chi connectivity index (χ0n) is 10.4. The van der Waals surface area contributed by atoms with Crippen molar-refractivity contribution in [2.45, 2.75) is 19.8 Å². The quantitative estimate of drug-likeness (QED) is 0.893. The van der Waals surface area contributed by atoms with Crippen LogP contribution in [0.1, 0.15) is 30.3 Å². The molecule has 1 saturated heterocycles. The fourth-order valence-electron chi connectivity index (χ4n) is 2.11. The van der Waals surface area contributed by atoms with Gasteiger partial charge in [0.2, 0.25) is 5.91 Å². The van der Waals surface area contributed by atoms with E-state index < -0.39 is 0 Å². The van der Waals surface area contributed by atoms with Crippen molar-refractivity contribution in [1.82, 2.24) is 15.2 Å². The van der Waals surface area contributed by atoms with E-state index in [-0.39, 0.29) is 11.8 Å². The molecule has 0 bridgehead atoms. The highest BCUT2D eigenvalue weighted by atomic mass is 32.1. The number of nitrogens with zero attached hydrogens (tertiary/aromatic N) is 2. The van der Waals surface area contributed by atoms with Gasteiger partial charge in [-0.1, -0.05) is 0 Å². The summed E-state index contributed by atoms with van der Waals surface area (Å²) in [5, 5.41) is 4.62. The van der Waals surface area contributed by atoms with E-state index in [0.29, 0.717) is 18.2 Å². The minimum Gasteiger partial charge on any atom is -0.356 e. The zero-order chi connectivity index (χ0) is 13.0. The monoisotopic (exact) mass is 267 g/mol. The van der Waals surface area contributed by atoms with Crippen LogP contribution in [0.25, 0.3) is 0 Å².